The van der Waals surface area contributed by atoms with E-state index in [-0.39, 0.29) is 44.9 Å². The topological polar surface area (TPSA) is 149 Å². The van der Waals surface area contributed by atoms with E-state index in [9.17, 15) is 20.3 Å². The molecule has 1 atom stereocenters. The van der Waals surface area contributed by atoms with Gasteiger partial charge in [0.25, 0.3) is 0 Å². The van der Waals surface area contributed by atoms with Crippen LogP contribution in [0.2, 0.25) is 10.0 Å². The first kappa shape index (κ1) is 39.8. The maximum Gasteiger partial charge on any atom is 0.217 e. The second-order valence-corrected chi connectivity index (χ2v) is 13.8. The number of benzene rings is 3. The van der Waals surface area contributed by atoms with Crippen molar-refractivity contribution in [3.05, 3.63) is 105 Å². The van der Waals surface area contributed by atoms with Crippen molar-refractivity contribution < 1.29 is 29.2 Å². The molecule has 280 valence electrons. The quantitative estimate of drug-likeness (QED) is 0.0915. The number of carbonyl (C=O) groups is 1. The van der Waals surface area contributed by atoms with Crippen molar-refractivity contribution in [2.24, 2.45) is 0 Å². The summed E-state index contributed by atoms with van der Waals surface area (Å²) in [6.45, 7) is 6.92. The van der Waals surface area contributed by atoms with Crippen LogP contribution in [0.4, 0.5) is 0 Å². The van der Waals surface area contributed by atoms with E-state index < -0.39 is 6.04 Å². The average molecular weight is 763 g/mol. The largest absolute Gasteiger partial charge is 0.493 e. The molecule has 1 fully saturated rings. The van der Waals surface area contributed by atoms with E-state index in [0.717, 1.165) is 60.5 Å². The number of nitrogens with zero attached hydrogens (tertiary/aromatic N) is 3. The van der Waals surface area contributed by atoms with Crippen LogP contribution in [-0.4, -0.2) is 77.5 Å². The number of aromatic nitrogens is 1. The molecule has 11 nitrogen and oxygen atoms in total. The van der Waals surface area contributed by atoms with Gasteiger partial charge in [-0.2, -0.15) is 5.26 Å². The molecule has 1 aliphatic heterocycles. The van der Waals surface area contributed by atoms with E-state index in [1.807, 2.05) is 43.3 Å². The van der Waals surface area contributed by atoms with Crippen molar-refractivity contribution in [3.63, 3.8) is 0 Å². The number of hydrogen-bond acceptors (Lipinski definition) is 10. The predicted octanol–water partition coefficient (Wildman–Crippen LogP) is 5.82. The van der Waals surface area contributed by atoms with E-state index in [0.29, 0.717) is 44.8 Å². The molecule has 4 aromatic rings. The van der Waals surface area contributed by atoms with Gasteiger partial charge in [0.15, 0.2) is 0 Å². The molecule has 3 aromatic carbocycles. The summed E-state index contributed by atoms with van der Waals surface area (Å²) in [4.78, 5) is 17.8. The van der Waals surface area contributed by atoms with Crippen LogP contribution in [0.15, 0.2) is 67.0 Å². The van der Waals surface area contributed by atoms with Crippen LogP contribution in [0.5, 0.6) is 17.2 Å². The van der Waals surface area contributed by atoms with Gasteiger partial charge in [-0.1, -0.05) is 53.5 Å². The number of ether oxygens (including phenoxy) is 3. The Kier molecular flexibility index (Phi) is 14.7. The number of nitriles is 1. The molecular formula is C40H45Cl2N5O6. The number of aliphatic hydroxyl groups is 2. The lowest BCUT2D eigenvalue weighted by Crippen LogP contribution is -2.35. The molecule has 2 heterocycles. The third-order valence-electron chi connectivity index (χ3n) is 9.05. The minimum Gasteiger partial charge on any atom is -0.493 e. The van der Waals surface area contributed by atoms with Gasteiger partial charge in [-0.3, -0.25) is 9.78 Å². The second kappa shape index (κ2) is 19.6. The van der Waals surface area contributed by atoms with Gasteiger partial charge in [-0.15, -0.1) is 0 Å². The first-order chi connectivity index (χ1) is 25.7. The number of hydrogen-bond donors (Lipinski definition) is 4. The highest BCUT2D eigenvalue weighted by Crippen LogP contribution is 2.38. The predicted molar refractivity (Wildman–Crippen MR) is 204 cm³/mol. The van der Waals surface area contributed by atoms with Crippen molar-refractivity contribution in [1.29, 1.82) is 5.26 Å². The summed E-state index contributed by atoms with van der Waals surface area (Å²) in [6.07, 6.45) is 4.94. The lowest BCUT2D eigenvalue weighted by Gasteiger charge is -2.19. The minimum absolute atomic E-state index is 0.0149. The molecule has 1 saturated heterocycles. The maximum atomic E-state index is 11.4. The second-order valence-electron chi connectivity index (χ2n) is 13.0. The normalized spacial score (nSPS) is 14.3. The van der Waals surface area contributed by atoms with Gasteiger partial charge in [0, 0.05) is 79.9 Å². The molecule has 4 N–H and O–H groups in total. The third kappa shape index (κ3) is 11.1. The smallest absolute Gasteiger partial charge is 0.217 e. The Bertz CT molecular complexity index is 1900. The number of aliphatic hydroxyl groups excluding tert-OH is 2. The van der Waals surface area contributed by atoms with E-state index >= 15 is 0 Å². The third-order valence-corrected chi connectivity index (χ3v) is 9.79. The molecule has 1 aromatic heterocycles. The number of carbonyl (C=O) groups excluding carboxylic acids is 1. The van der Waals surface area contributed by atoms with Gasteiger partial charge in [0.1, 0.15) is 36.5 Å². The number of pyridine rings is 1. The molecule has 0 bridgehead atoms. The van der Waals surface area contributed by atoms with Gasteiger partial charge in [0.05, 0.1) is 41.5 Å². The Morgan fingerprint density at radius 3 is 2.55 bits per heavy atom. The molecule has 0 saturated carbocycles. The fourth-order valence-electron chi connectivity index (χ4n) is 6.22. The van der Waals surface area contributed by atoms with Crippen molar-refractivity contribution in [1.82, 2.24) is 20.5 Å². The molecule has 0 aliphatic carbocycles. The number of likely N-dealkylation sites (tertiary alicyclic amines) is 1. The Hall–Kier alpha value is -4.41. The van der Waals surface area contributed by atoms with Crippen LogP contribution in [0.25, 0.3) is 11.1 Å². The van der Waals surface area contributed by atoms with Crippen molar-refractivity contribution in [2.75, 3.05) is 39.5 Å². The minimum atomic E-state index is -0.523. The summed E-state index contributed by atoms with van der Waals surface area (Å²) >= 11 is 13.7. The summed E-state index contributed by atoms with van der Waals surface area (Å²) in [5.41, 5.74) is 5.35. The van der Waals surface area contributed by atoms with Crippen LogP contribution >= 0.6 is 23.2 Å². The number of halogens is 2. The highest BCUT2D eigenvalue weighted by molar-refractivity contribution is 6.34. The van der Waals surface area contributed by atoms with E-state index in [1.165, 1.54) is 6.20 Å². The van der Waals surface area contributed by atoms with Crippen LogP contribution in [0.3, 0.4) is 0 Å². The molecule has 0 spiro atoms. The standard InChI is InChI=1S/C40H45Cl2N5O6/c1-26-34(7-4-9-37(26)51-13-5-11-47-12-10-32(21-47)46-27(2)50)35-8-3-6-30(40(35)42)25-53-39-16-38(52-24-29-14-28(17-43)18-44-19-29)31(15-36(39)41)20-45-33(22-48)23-49/h3-4,6-9,14-16,18-19,32-33,45,48-49H,5,10-13,20-25H2,1-2H3,(H,46,50)/t32-/m0/s1. The SMILES string of the molecule is CC(=O)N[C@H]1CCN(CCCOc2cccc(-c3cccc(COc4cc(OCc5cncc(C#N)c5)c(CNC(CO)CO)cc4Cl)c3Cl)c2C)C1. The zero-order valence-corrected chi connectivity index (χ0v) is 31.4. The number of nitrogens with one attached hydrogen (secondary N) is 2. The highest BCUT2D eigenvalue weighted by atomic mass is 35.5. The molecule has 1 amide bonds. The fraction of sp³-hybridized carbons (Fsp3) is 0.375. The van der Waals surface area contributed by atoms with Crippen LogP contribution < -0.4 is 24.8 Å². The van der Waals surface area contributed by atoms with Crippen LogP contribution in [0, 0.1) is 18.3 Å². The van der Waals surface area contributed by atoms with Gasteiger partial charge >= 0.3 is 0 Å². The molecule has 13 heteroatoms. The highest BCUT2D eigenvalue weighted by Gasteiger charge is 2.22. The number of rotatable bonds is 18. The van der Waals surface area contributed by atoms with Crippen molar-refractivity contribution in [2.45, 2.75) is 58.5 Å². The Balaban J connectivity index is 1.26. The Morgan fingerprint density at radius 2 is 1.77 bits per heavy atom. The number of amides is 1. The lowest BCUT2D eigenvalue weighted by molar-refractivity contribution is -0.119. The van der Waals surface area contributed by atoms with Gasteiger partial charge in [-0.25, -0.2) is 0 Å². The maximum absolute atomic E-state index is 11.4. The summed E-state index contributed by atoms with van der Waals surface area (Å²) < 4.78 is 18.6. The zero-order valence-electron chi connectivity index (χ0n) is 29.9. The first-order valence-corrected chi connectivity index (χ1v) is 18.3. The molecular weight excluding hydrogens is 717 g/mol. The van der Waals surface area contributed by atoms with E-state index in [2.05, 4.69) is 26.6 Å². The van der Waals surface area contributed by atoms with E-state index in [1.54, 1.807) is 31.3 Å². The summed E-state index contributed by atoms with van der Waals surface area (Å²) in [6, 6.07) is 18.6. The first-order valence-electron chi connectivity index (χ1n) is 17.6. The molecule has 53 heavy (non-hydrogen) atoms. The fourth-order valence-corrected chi connectivity index (χ4v) is 6.74. The van der Waals surface area contributed by atoms with Gasteiger partial charge < -0.3 is 40.0 Å². The van der Waals surface area contributed by atoms with Crippen LogP contribution in [0.1, 0.15) is 47.6 Å². The van der Waals surface area contributed by atoms with Crippen molar-refractivity contribution in [3.8, 4) is 34.4 Å². The van der Waals surface area contributed by atoms with Gasteiger partial charge in [0.2, 0.25) is 5.91 Å². The average Bonchev–Trinajstić information content (AvgIpc) is 3.60. The molecule has 1 aliphatic rings. The summed E-state index contributed by atoms with van der Waals surface area (Å²) in [7, 11) is 0. The Morgan fingerprint density at radius 1 is 1.00 bits per heavy atom. The van der Waals surface area contributed by atoms with Gasteiger partial charge in [-0.05, 0) is 49.1 Å². The zero-order chi connectivity index (χ0) is 37.7. The van der Waals surface area contributed by atoms with E-state index in [4.69, 9.17) is 37.4 Å². The van der Waals surface area contributed by atoms with Crippen LogP contribution in [-0.2, 0) is 24.6 Å². The monoisotopic (exact) mass is 761 g/mol. The summed E-state index contributed by atoms with van der Waals surface area (Å²) in [5, 5.41) is 35.3. The lowest BCUT2D eigenvalue weighted by atomic mass is 9.98. The molecule has 0 unspecified atom stereocenters. The van der Waals surface area contributed by atoms with Crippen molar-refractivity contribution >= 4 is 29.1 Å². The summed E-state index contributed by atoms with van der Waals surface area (Å²) in [5.74, 6) is 1.66. The molecule has 0 radical (unpaired) electrons. The Labute approximate surface area is 320 Å². The molecule has 5 rings (SSSR count).